The van der Waals surface area contributed by atoms with Crippen LogP contribution >= 0.6 is 0 Å². The van der Waals surface area contributed by atoms with Crippen LogP contribution in [0.5, 0.6) is 11.5 Å². The third kappa shape index (κ3) is 4.18. The van der Waals surface area contributed by atoms with Crippen LogP contribution in [0.4, 0.5) is 10.1 Å². The molecule has 0 aliphatic carbocycles. The Morgan fingerprint density at radius 3 is 2.71 bits per heavy atom. The monoisotopic (exact) mass is 420 g/mol. The minimum absolute atomic E-state index is 0.359. The smallest absolute Gasteiger partial charge is 0.257 e. The number of benzene rings is 2. The summed E-state index contributed by atoms with van der Waals surface area (Å²) < 4.78 is 25.9. The van der Waals surface area contributed by atoms with E-state index in [1.807, 2.05) is 18.2 Å². The number of rotatable bonds is 6. The number of methoxy groups -OCH3 is 2. The number of nitrogens with one attached hydrogen (secondary N) is 1. The van der Waals surface area contributed by atoms with Crippen molar-refractivity contribution in [3.63, 3.8) is 0 Å². The van der Waals surface area contributed by atoms with Crippen molar-refractivity contribution in [3.8, 4) is 11.5 Å². The zero-order valence-corrected chi connectivity index (χ0v) is 17.3. The van der Waals surface area contributed by atoms with Crippen LogP contribution < -0.4 is 14.8 Å². The number of hydrogen-bond donors (Lipinski definition) is 1. The van der Waals surface area contributed by atoms with E-state index >= 15 is 0 Å². The highest BCUT2D eigenvalue weighted by Crippen LogP contribution is 2.26. The predicted octanol–water partition coefficient (Wildman–Crippen LogP) is 4.20. The van der Waals surface area contributed by atoms with E-state index in [0.29, 0.717) is 34.9 Å². The summed E-state index contributed by atoms with van der Waals surface area (Å²) in [7, 11) is 3.20. The highest BCUT2D eigenvalue weighted by Gasteiger charge is 2.14. The second-order valence-corrected chi connectivity index (χ2v) is 7.03. The highest BCUT2D eigenvalue weighted by molar-refractivity contribution is 6.05. The van der Waals surface area contributed by atoms with E-state index in [1.165, 1.54) is 18.3 Å². The predicted molar refractivity (Wildman–Crippen MR) is 115 cm³/mol. The maximum Gasteiger partial charge on any atom is 0.257 e. The first-order chi connectivity index (χ1) is 15.0. The molecule has 158 valence electrons. The van der Waals surface area contributed by atoms with Gasteiger partial charge in [-0.25, -0.2) is 14.1 Å². The number of amides is 1. The van der Waals surface area contributed by atoms with Gasteiger partial charge in [0.2, 0.25) is 0 Å². The molecule has 0 saturated heterocycles. The van der Waals surface area contributed by atoms with Crippen LogP contribution in [0.25, 0.3) is 11.0 Å². The molecule has 0 aliphatic heterocycles. The Kier molecular flexibility index (Phi) is 5.53. The molecule has 0 radical (unpaired) electrons. The molecular formula is C23H21FN4O3. The molecule has 4 aromatic rings. The van der Waals surface area contributed by atoms with Crippen LogP contribution in [0.2, 0.25) is 0 Å². The molecule has 2 aromatic heterocycles. The van der Waals surface area contributed by atoms with Gasteiger partial charge in [-0.1, -0.05) is 6.07 Å². The van der Waals surface area contributed by atoms with Gasteiger partial charge in [-0.2, -0.15) is 5.10 Å². The number of nitrogens with zero attached hydrogens (tertiary/aromatic N) is 3. The van der Waals surface area contributed by atoms with E-state index in [9.17, 15) is 9.18 Å². The Balaban J connectivity index is 1.58. The number of anilines is 1. The van der Waals surface area contributed by atoms with Crippen LogP contribution in [0, 0.1) is 12.7 Å². The molecule has 0 bridgehead atoms. The number of carbonyl (C=O) groups is 1. The summed E-state index contributed by atoms with van der Waals surface area (Å²) in [4.78, 5) is 17.1. The Morgan fingerprint density at radius 2 is 1.94 bits per heavy atom. The van der Waals surface area contributed by atoms with Crippen molar-refractivity contribution in [2.75, 3.05) is 19.5 Å². The number of pyridine rings is 1. The van der Waals surface area contributed by atoms with Gasteiger partial charge >= 0.3 is 0 Å². The van der Waals surface area contributed by atoms with E-state index in [1.54, 1.807) is 44.2 Å². The first-order valence-corrected chi connectivity index (χ1v) is 9.58. The Labute approximate surface area is 178 Å². The van der Waals surface area contributed by atoms with Gasteiger partial charge in [-0.15, -0.1) is 0 Å². The summed E-state index contributed by atoms with van der Waals surface area (Å²) in [6.07, 6.45) is 3.14. The van der Waals surface area contributed by atoms with E-state index in [-0.39, 0.29) is 5.91 Å². The molecule has 0 aliphatic rings. The van der Waals surface area contributed by atoms with Crippen LogP contribution in [0.1, 0.15) is 21.5 Å². The molecule has 4 rings (SSSR count). The summed E-state index contributed by atoms with van der Waals surface area (Å²) in [5.41, 5.74) is 3.10. The molecule has 2 aromatic carbocycles. The molecule has 0 saturated carbocycles. The molecule has 0 atom stereocenters. The maximum absolute atomic E-state index is 13.5. The average Bonchev–Trinajstić information content (AvgIpc) is 3.18. The molecule has 31 heavy (non-hydrogen) atoms. The zero-order valence-electron chi connectivity index (χ0n) is 17.3. The fraction of sp³-hybridized carbons (Fsp3) is 0.174. The lowest BCUT2D eigenvalue weighted by Crippen LogP contribution is -2.13. The van der Waals surface area contributed by atoms with Gasteiger partial charge in [0.25, 0.3) is 5.91 Å². The third-order valence-electron chi connectivity index (χ3n) is 5.00. The zero-order chi connectivity index (χ0) is 22.0. The molecule has 0 spiro atoms. The van der Waals surface area contributed by atoms with E-state index in [4.69, 9.17) is 9.47 Å². The van der Waals surface area contributed by atoms with Gasteiger partial charge in [-0.3, -0.25) is 4.79 Å². The molecule has 7 nitrogen and oxygen atoms in total. The van der Waals surface area contributed by atoms with Gasteiger partial charge in [-0.05, 0) is 42.8 Å². The lowest BCUT2D eigenvalue weighted by Gasteiger charge is -2.11. The fourth-order valence-corrected chi connectivity index (χ4v) is 3.28. The van der Waals surface area contributed by atoms with Gasteiger partial charge in [0.05, 0.1) is 32.5 Å². The van der Waals surface area contributed by atoms with Crippen LogP contribution in [0.15, 0.2) is 54.9 Å². The van der Waals surface area contributed by atoms with Crippen molar-refractivity contribution < 1.29 is 18.7 Å². The van der Waals surface area contributed by atoms with E-state index in [0.717, 1.165) is 16.5 Å². The summed E-state index contributed by atoms with van der Waals surface area (Å²) >= 11 is 0. The van der Waals surface area contributed by atoms with E-state index in [2.05, 4.69) is 15.4 Å². The summed E-state index contributed by atoms with van der Waals surface area (Å²) in [6.45, 7) is 2.24. The summed E-state index contributed by atoms with van der Waals surface area (Å²) in [6, 6.07) is 11.5. The molecule has 2 heterocycles. The molecular weight excluding hydrogens is 399 g/mol. The van der Waals surface area contributed by atoms with Crippen LogP contribution in [0.3, 0.4) is 0 Å². The van der Waals surface area contributed by atoms with Crippen molar-refractivity contribution in [2.24, 2.45) is 0 Å². The van der Waals surface area contributed by atoms with Gasteiger partial charge in [0, 0.05) is 28.9 Å². The number of aromatic nitrogens is 3. The average molecular weight is 420 g/mol. The van der Waals surface area contributed by atoms with Crippen molar-refractivity contribution in [1.82, 2.24) is 14.8 Å². The Morgan fingerprint density at radius 1 is 1.10 bits per heavy atom. The number of halogens is 1. The largest absolute Gasteiger partial charge is 0.497 e. The minimum atomic E-state index is -0.412. The lowest BCUT2D eigenvalue weighted by molar-refractivity contribution is 0.102. The normalized spacial score (nSPS) is 10.8. The lowest BCUT2D eigenvalue weighted by atomic mass is 10.1. The van der Waals surface area contributed by atoms with Crippen molar-refractivity contribution in [2.45, 2.75) is 13.5 Å². The van der Waals surface area contributed by atoms with E-state index < -0.39 is 5.82 Å². The van der Waals surface area contributed by atoms with Crippen LogP contribution in [-0.2, 0) is 6.54 Å². The summed E-state index contributed by atoms with van der Waals surface area (Å²) in [5, 5.41) is 7.85. The first-order valence-electron chi connectivity index (χ1n) is 9.58. The second-order valence-electron chi connectivity index (χ2n) is 7.03. The number of ether oxygens (including phenoxy) is 2. The molecule has 0 fully saturated rings. The third-order valence-corrected chi connectivity index (χ3v) is 5.00. The van der Waals surface area contributed by atoms with Gasteiger partial charge < -0.3 is 14.8 Å². The number of hydrogen-bond acceptors (Lipinski definition) is 5. The van der Waals surface area contributed by atoms with Crippen molar-refractivity contribution in [3.05, 3.63) is 77.4 Å². The van der Waals surface area contributed by atoms with Crippen molar-refractivity contribution >= 4 is 22.6 Å². The van der Waals surface area contributed by atoms with Crippen molar-refractivity contribution in [1.29, 1.82) is 0 Å². The van der Waals surface area contributed by atoms with Crippen LogP contribution in [-0.4, -0.2) is 34.9 Å². The second kappa shape index (κ2) is 8.43. The SMILES string of the molecule is COc1ccc(Cn2ncc3cc(C(=O)Nc4cc(F)ccc4C)cnc32)c(OC)c1. The standard InChI is InChI=1S/C23H21FN4O3/c1-14-4-6-18(24)9-20(14)27-23(29)17-8-16-12-26-28(22(16)25-11-17)13-15-5-7-19(30-2)10-21(15)31-3/h4-12H,13H2,1-3H3,(H,27,29). The quantitative estimate of drug-likeness (QED) is 0.506. The molecule has 8 heteroatoms. The Hall–Kier alpha value is -3.94. The molecule has 0 unspecified atom stereocenters. The fourth-order valence-electron chi connectivity index (χ4n) is 3.28. The summed E-state index contributed by atoms with van der Waals surface area (Å²) in [5.74, 6) is 0.607. The Bertz CT molecular complexity index is 1270. The first kappa shape index (κ1) is 20.3. The molecule has 1 amide bonds. The maximum atomic E-state index is 13.5. The topological polar surface area (TPSA) is 78.3 Å². The highest BCUT2D eigenvalue weighted by atomic mass is 19.1. The minimum Gasteiger partial charge on any atom is -0.497 e. The number of carbonyl (C=O) groups excluding carboxylic acids is 1. The van der Waals surface area contributed by atoms with Gasteiger partial charge in [0.15, 0.2) is 5.65 Å². The molecule has 1 N–H and O–H groups in total. The number of aryl methyl sites for hydroxylation is 1. The van der Waals surface area contributed by atoms with Gasteiger partial charge in [0.1, 0.15) is 17.3 Å². The number of fused-ring (bicyclic) bond motifs is 1.